The highest BCUT2D eigenvalue weighted by Crippen LogP contribution is 2.58. The molecule has 0 aromatic carbocycles. The zero-order chi connectivity index (χ0) is 22.8. The van der Waals surface area contributed by atoms with Gasteiger partial charge in [0.15, 0.2) is 0 Å². The molecule has 0 aliphatic carbocycles. The lowest BCUT2D eigenvalue weighted by Crippen LogP contribution is -2.58. The third-order valence-corrected chi connectivity index (χ3v) is 7.00. The monoisotopic (exact) mass is 436 g/mol. The van der Waals surface area contributed by atoms with E-state index in [0.717, 1.165) is 12.8 Å². The fraction of sp³-hybridized carbons (Fsp3) is 0.783. The number of carbonyl (C=O) groups excluding carboxylic acids is 3. The van der Waals surface area contributed by atoms with Crippen LogP contribution in [0.1, 0.15) is 52.9 Å². The third kappa shape index (κ3) is 3.89. The molecule has 0 saturated carbocycles. The number of hydrogen-bond donors (Lipinski definition) is 1. The predicted octanol–water partition coefficient (Wildman–Crippen LogP) is 1.51. The number of aliphatic hydroxyl groups is 1. The van der Waals surface area contributed by atoms with Gasteiger partial charge in [-0.2, -0.15) is 0 Å². The fourth-order valence-electron chi connectivity index (χ4n) is 5.78. The van der Waals surface area contributed by atoms with Gasteiger partial charge in [-0.05, 0) is 39.5 Å². The van der Waals surface area contributed by atoms with Crippen molar-refractivity contribution in [2.24, 2.45) is 11.8 Å². The van der Waals surface area contributed by atoms with Gasteiger partial charge in [0.25, 0.3) is 0 Å². The van der Waals surface area contributed by atoms with Crippen molar-refractivity contribution >= 4 is 17.8 Å². The van der Waals surface area contributed by atoms with Crippen LogP contribution in [0.4, 0.5) is 0 Å². The molecule has 0 radical (unpaired) electrons. The molecule has 8 heteroatoms. The van der Waals surface area contributed by atoms with Gasteiger partial charge in [-0.25, -0.2) is 0 Å². The van der Waals surface area contributed by atoms with Crippen LogP contribution in [0, 0.1) is 11.8 Å². The Hall–Kier alpha value is -1.93. The van der Waals surface area contributed by atoms with Crippen LogP contribution in [-0.4, -0.2) is 82.8 Å². The average molecular weight is 437 g/mol. The zero-order valence-corrected chi connectivity index (χ0v) is 18.9. The Morgan fingerprint density at radius 2 is 2.19 bits per heavy atom. The van der Waals surface area contributed by atoms with E-state index < -0.39 is 35.6 Å². The number of nitrogens with zero attached hydrogens (tertiary/aromatic N) is 2. The predicted molar refractivity (Wildman–Crippen MR) is 114 cm³/mol. The van der Waals surface area contributed by atoms with Crippen LogP contribution in [-0.2, 0) is 23.9 Å². The highest BCUT2D eigenvalue weighted by molar-refractivity contribution is 5.98. The number of rotatable bonds is 11. The number of ether oxygens (including phenoxy) is 2. The van der Waals surface area contributed by atoms with E-state index in [2.05, 4.69) is 13.5 Å². The Morgan fingerprint density at radius 3 is 2.81 bits per heavy atom. The second-order valence-corrected chi connectivity index (χ2v) is 8.83. The van der Waals surface area contributed by atoms with E-state index in [9.17, 15) is 19.5 Å². The van der Waals surface area contributed by atoms with Crippen LogP contribution in [0.3, 0.4) is 0 Å². The minimum Gasteiger partial charge on any atom is -0.466 e. The summed E-state index contributed by atoms with van der Waals surface area (Å²) in [5, 5.41) is 9.38. The Bertz CT molecular complexity index is 712. The molecule has 3 rings (SSSR count). The molecule has 0 aromatic rings. The van der Waals surface area contributed by atoms with E-state index in [1.165, 1.54) is 0 Å². The molecule has 3 fully saturated rings. The normalized spacial score (nSPS) is 32.1. The molecule has 1 unspecified atom stereocenters. The maximum Gasteiger partial charge on any atom is 0.312 e. The fourth-order valence-corrected chi connectivity index (χ4v) is 5.78. The Balaban J connectivity index is 2.00. The van der Waals surface area contributed by atoms with Crippen LogP contribution in [0.2, 0.25) is 0 Å². The van der Waals surface area contributed by atoms with Crippen LogP contribution < -0.4 is 0 Å². The molecule has 3 aliphatic rings. The van der Waals surface area contributed by atoms with Crippen LogP contribution in [0.15, 0.2) is 12.7 Å². The molecule has 31 heavy (non-hydrogen) atoms. The van der Waals surface area contributed by atoms with Crippen LogP contribution in [0.25, 0.3) is 0 Å². The first-order chi connectivity index (χ1) is 14.9. The molecule has 3 saturated heterocycles. The van der Waals surface area contributed by atoms with Crippen molar-refractivity contribution in [3.05, 3.63) is 12.7 Å². The van der Waals surface area contributed by atoms with Gasteiger partial charge >= 0.3 is 5.97 Å². The minimum atomic E-state index is -1.02. The highest BCUT2D eigenvalue weighted by atomic mass is 16.6. The summed E-state index contributed by atoms with van der Waals surface area (Å²) in [5.74, 6) is -2.24. The summed E-state index contributed by atoms with van der Waals surface area (Å²) in [5.41, 5.74) is -1.02. The summed E-state index contributed by atoms with van der Waals surface area (Å²) in [6, 6.07) is -0.819. The lowest BCUT2D eigenvalue weighted by atomic mass is 9.70. The van der Waals surface area contributed by atoms with Gasteiger partial charge in [-0.3, -0.25) is 14.4 Å². The second-order valence-electron chi connectivity index (χ2n) is 8.83. The summed E-state index contributed by atoms with van der Waals surface area (Å²) < 4.78 is 11.6. The SMILES string of the molecule is C=CCN(C(=O)[C@H]1N(CCCO)C(=O)[C@@H]2[C@@H](C(=O)OCC)[C@H]3CC[C@]21O3)C(C)CCC. The van der Waals surface area contributed by atoms with Gasteiger partial charge in [-0.1, -0.05) is 19.4 Å². The van der Waals surface area contributed by atoms with E-state index in [-0.39, 0.29) is 37.6 Å². The molecule has 8 nitrogen and oxygen atoms in total. The van der Waals surface area contributed by atoms with Crippen LogP contribution in [0.5, 0.6) is 0 Å². The summed E-state index contributed by atoms with van der Waals surface area (Å²) in [6.45, 7) is 10.4. The Kier molecular flexibility index (Phi) is 7.42. The van der Waals surface area contributed by atoms with Gasteiger partial charge in [0, 0.05) is 25.7 Å². The van der Waals surface area contributed by atoms with E-state index in [4.69, 9.17) is 9.47 Å². The number of aliphatic hydroxyl groups excluding tert-OH is 1. The van der Waals surface area contributed by atoms with Gasteiger partial charge in [0.05, 0.1) is 24.5 Å². The molecule has 3 heterocycles. The van der Waals surface area contributed by atoms with E-state index in [1.54, 1.807) is 22.8 Å². The summed E-state index contributed by atoms with van der Waals surface area (Å²) in [4.78, 5) is 43.5. The first-order valence-corrected chi connectivity index (χ1v) is 11.5. The summed E-state index contributed by atoms with van der Waals surface area (Å²) in [7, 11) is 0. The molecular weight excluding hydrogens is 400 g/mol. The largest absolute Gasteiger partial charge is 0.466 e. The molecule has 1 N–H and O–H groups in total. The number of likely N-dealkylation sites (tertiary alicyclic amines) is 1. The number of carbonyl (C=O) groups is 3. The second kappa shape index (κ2) is 9.69. The third-order valence-electron chi connectivity index (χ3n) is 7.00. The lowest BCUT2D eigenvalue weighted by molar-refractivity contribution is -0.155. The number of hydrogen-bond acceptors (Lipinski definition) is 6. The van der Waals surface area contributed by atoms with Crippen molar-refractivity contribution in [3.63, 3.8) is 0 Å². The van der Waals surface area contributed by atoms with Gasteiger partial charge in [0.1, 0.15) is 11.6 Å². The van der Waals surface area contributed by atoms with E-state index >= 15 is 0 Å². The Morgan fingerprint density at radius 1 is 1.45 bits per heavy atom. The molecule has 3 aliphatic heterocycles. The maximum atomic E-state index is 13.9. The lowest BCUT2D eigenvalue weighted by Gasteiger charge is -2.38. The van der Waals surface area contributed by atoms with Crippen LogP contribution >= 0.6 is 0 Å². The summed E-state index contributed by atoms with van der Waals surface area (Å²) in [6.07, 6.45) is 4.60. The first kappa shape index (κ1) is 23.7. The van der Waals surface area contributed by atoms with Crippen molar-refractivity contribution in [2.75, 3.05) is 26.3 Å². The van der Waals surface area contributed by atoms with E-state index in [0.29, 0.717) is 25.8 Å². The average Bonchev–Trinajstić information content (AvgIpc) is 3.37. The standard InChI is InChI=1S/C23H36N2O6/c1-5-9-15(4)24(12-6-2)21(28)19-23-11-10-16(31-23)17(22(29)30-7-3)18(23)20(27)25(19)13-8-14-26/h6,15-19,26H,2,5,7-14H2,1,3-4H3/t15?,16-,17+,18+,19-,23+/m1/s1. The van der Waals surface area contributed by atoms with Crippen molar-refractivity contribution in [1.29, 1.82) is 0 Å². The zero-order valence-electron chi connectivity index (χ0n) is 18.9. The highest BCUT2D eigenvalue weighted by Gasteiger charge is 2.75. The molecule has 2 bridgehead atoms. The first-order valence-electron chi connectivity index (χ1n) is 11.5. The topological polar surface area (TPSA) is 96.4 Å². The summed E-state index contributed by atoms with van der Waals surface area (Å²) >= 11 is 0. The molecule has 1 spiro atoms. The van der Waals surface area contributed by atoms with Gasteiger partial charge in [0.2, 0.25) is 11.8 Å². The van der Waals surface area contributed by atoms with Crippen molar-refractivity contribution in [1.82, 2.24) is 9.80 Å². The number of amides is 2. The molecule has 6 atom stereocenters. The smallest absolute Gasteiger partial charge is 0.312 e. The van der Waals surface area contributed by atoms with Gasteiger partial charge in [-0.15, -0.1) is 6.58 Å². The van der Waals surface area contributed by atoms with E-state index in [1.807, 2.05) is 6.92 Å². The van der Waals surface area contributed by atoms with Crippen molar-refractivity contribution < 1.29 is 29.0 Å². The van der Waals surface area contributed by atoms with Crippen molar-refractivity contribution in [2.45, 2.75) is 76.7 Å². The molecule has 174 valence electrons. The Labute approximate surface area is 184 Å². The quantitative estimate of drug-likeness (QED) is 0.390. The maximum absolute atomic E-state index is 13.9. The van der Waals surface area contributed by atoms with Crippen molar-refractivity contribution in [3.8, 4) is 0 Å². The molecular formula is C23H36N2O6. The molecule has 2 amide bonds. The number of esters is 1. The molecule has 0 aromatic heterocycles. The number of fused-ring (bicyclic) bond motifs is 1. The minimum absolute atomic E-state index is 0.0137. The van der Waals surface area contributed by atoms with Gasteiger partial charge < -0.3 is 24.4 Å².